The molecule has 0 fully saturated rings. The van der Waals surface area contributed by atoms with Gasteiger partial charge in [-0.25, -0.2) is 13.6 Å². The van der Waals surface area contributed by atoms with Crippen molar-refractivity contribution in [1.29, 1.82) is 0 Å². The molecule has 0 radical (unpaired) electrons. The van der Waals surface area contributed by atoms with Crippen LogP contribution in [0.1, 0.15) is 11.1 Å². The Kier molecular flexibility index (Phi) is 3.85. The van der Waals surface area contributed by atoms with Crippen LogP contribution in [0.25, 0.3) is 0 Å². The maximum Gasteiger partial charge on any atom is 0.238 e. The molecule has 2 N–H and O–H groups in total. The van der Waals surface area contributed by atoms with Crippen LogP contribution < -0.4 is 5.14 Å². The molecule has 3 nitrogen and oxygen atoms in total. The van der Waals surface area contributed by atoms with Crippen molar-refractivity contribution in [3.63, 3.8) is 0 Å². The normalized spacial score (nSPS) is 11.4. The van der Waals surface area contributed by atoms with E-state index in [-0.39, 0.29) is 4.90 Å². The molecule has 0 unspecified atom stereocenters. The molecule has 2 aromatic carbocycles. The minimum absolute atomic E-state index is 0.185. The molecule has 0 bridgehead atoms. The highest BCUT2D eigenvalue weighted by Crippen LogP contribution is 2.20. The Bertz CT molecular complexity index is 668. The summed E-state index contributed by atoms with van der Waals surface area (Å²) in [4.78, 5) is 0.185. The fourth-order valence-electron chi connectivity index (χ4n) is 1.79. The molecule has 2 rings (SSSR count). The molecule has 0 aliphatic heterocycles. The van der Waals surface area contributed by atoms with Crippen molar-refractivity contribution in [3.05, 3.63) is 64.1 Å². The zero-order valence-corrected chi connectivity index (χ0v) is 11.9. The Morgan fingerprint density at radius 1 is 1.06 bits per heavy atom. The minimum atomic E-state index is -3.68. The summed E-state index contributed by atoms with van der Waals surface area (Å²) >= 11 is 3.39. The summed E-state index contributed by atoms with van der Waals surface area (Å²) in [5, 5.41) is 5.20. The first kappa shape index (κ1) is 13.3. The summed E-state index contributed by atoms with van der Waals surface area (Å²) < 4.78 is 23.9. The highest BCUT2D eigenvalue weighted by molar-refractivity contribution is 9.10. The first-order chi connectivity index (χ1) is 8.47. The second-order valence-corrected chi connectivity index (χ2v) is 6.40. The van der Waals surface area contributed by atoms with Gasteiger partial charge in [0, 0.05) is 4.47 Å². The molecule has 0 aromatic heterocycles. The summed E-state index contributed by atoms with van der Waals surface area (Å²) in [6.07, 6.45) is 0.534. The predicted octanol–water partition coefficient (Wildman–Crippen LogP) is 2.69. The molecule has 0 saturated carbocycles. The van der Waals surface area contributed by atoms with Gasteiger partial charge >= 0.3 is 0 Å². The summed E-state index contributed by atoms with van der Waals surface area (Å²) in [7, 11) is -3.68. The number of benzene rings is 2. The Morgan fingerprint density at radius 2 is 1.78 bits per heavy atom. The van der Waals surface area contributed by atoms with Crippen LogP contribution >= 0.6 is 15.9 Å². The van der Waals surface area contributed by atoms with E-state index in [4.69, 9.17) is 5.14 Å². The quantitative estimate of drug-likeness (QED) is 0.943. The number of primary sulfonamides is 1. The SMILES string of the molecule is NS(=O)(=O)c1ccccc1Cc1cccc(Br)c1. The molecule has 0 heterocycles. The van der Waals surface area contributed by atoms with Crippen LogP contribution in [0, 0.1) is 0 Å². The molecule has 94 valence electrons. The van der Waals surface area contributed by atoms with Gasteiger partial charge in [0.15, 0.2) is 0 Å². The lowest BCUT2D eigenvalue weighted by Gasteiger charge is -2.07. The number of nitrogens with two attached hydrogens (primary N) is 1. The van der Waals surface area contributed by atoms with Gasteiger partial charge in [0.25, 0.3) is 0 Å². The van der Waals surface area contributed by atoms with Crippen LogP contribution in [0.2, 0.25) is 0 Å². The Morgan fingerprint density at radius 3 is 2.44 bits per heavy atom. The van der Waals surface area contributed by atoms with Crippen molar-refractivity contribution in [2.75, 3.05) is 0 Å². The van der Waals surface area contributed by atoms with E-state index in [2.05, 4.69) is 15.9 Å². The van der Waals surface area contributed by atoms with Crippen LogP contribution in [0.15, 0.2) is 57.9 Å². The number of rotatable bonds is 3. The van der Waals surface area contributed by atoms with Crippen LogP contribution in [-0.2, 0) is 16.4 Å². The zero-order valence-electron chi connectivity index (χ0n) is 9.51. The van der Waals surface area contributed by atoms with E-state index in [0.29, 0.717) is 12.0 Å². The number of hydrogen-bond donors (Lipinski definition) is 1. The van der Waals surface area contributed by atoms with Crippen molar-refractivity contribution >= 4 is 26.0 Å². The van der Waals surface area contributed by atoms with E-state index in [1.54, 1.807) is 12.1 Å². The summed E-state index contributed by atoms with van der Waals surface area (Å²) in [5.41, 5.74) is 1.73. The average Bonchev–Trinajstić information content (AvgIpc) is 2.28. The number of sulfonamides is 1. The van der Waals surface area contributed by atoms with Gasteiger partial charge in [-0.05, 0) is 35.7 Å². The fraction of sp³-hybridized carbons (Fsp3) is 0.0769. The maximum atomic E-state index is 11.5. The van der Waals surface area contributed by atoms with E-state index in [9.17, 15) is 8.42 Å². The van der Waals surface area contributed by atoms with Gasteiger partial charge in [0.1, 0.15) is 0 Å². The second kappa shape index (κ2) is 5.22. The van der Waals surface area contributed by atoms with Gasteiger partial charge < -0.3 is 0 Å². The fourth-order valence-corrected chi connectivity index (χ4v) is 3.01. The Balaban J connectivity index is 2.41. The topological polar surface area (TPSA) is 60.2 Å². The van der Waals surface area contributed by atoms with Gasteiger partial charge in [0.05, 0.1) is 4.90 Å². The standard InChI is InChI=1S/C13H12BrNO2S/c14-12-6-3-4-10(9-12)8-11-5-1-2-7-13(11)18(15,16)17/h1-7,9H,8H2,(H2,15,16,17). The molecule has 0 aliphatic carbocycles. The first-order valence-corrected chi connectivity index (χ1v) is 7.66. The van der Waals surface area contributed by atoms with Crippen molar-refractivity contribution < 1.29 is 8.42 Å². The van der Waals surface area contributed by atoms with E-state index < -0.39 is 10.0 Å². The van der Waals surface area contributed by atoms with E-state index in [0.717, 1.165) is 10.0 Å². The monoisotopic (exact) mass is 325 g/mol. The third-order valence-electron chi connectivity index (χ3n) is 2.56. The number of halogens is 1. The summed E-state index contributed by atoms with van der Waals surface area (Å²) in [6, 6.07) is 14.5. The van der Waals surface area contributed by atoms with E-state index in [1.807, 2.05) is 30.3 Å². The maximum absolute atomic E-state index is 11.5. The van der Waals surface area contributed by atoms with Gasteiger partial charge in [0.2, 0.25) is 10.0 Å². The van der Waals surface area contributed by atoms with Crippen molar-refractivity contribution in [2.45, 2.75) is 11.3 Å². The first-order valence-electron chi connectivity index (χ1n) is 5.32. The minimum Gasteiger partial charge on any atom is -0.225 e. The third kappa shape index (κ3) is 3.19. The predicted molar refractivity (Wildman–Crippen MR) is 74.8 cm³/mol. The van der Waals surface area contributed by atoms with Gasteiger partial charge in [-0.15, -0.1) is 0 Å². The molecule has 0 atom stereocenters. The van der Waals surface area contributed by atoms with E-state index in [1.165, 1.54) is 6.07 Å². The van der Waals surface area contributed by atoms with Crippen molar-refractivity contribution in [1.82, 2.24) is 0 Å². The summed E-state index contributed by atoms with van der Waals surface area (Å²) in [5.74, 6) is 0. The molecular weight excluding hydrogens is 314 g/mol. The van der Waals surface area contributed by atoms with Gasteiger partial charge in [-0.3, -0.25) is 0 Å². The van der Waals surface area contributed by atoms with Crippen LogP contribution in [0.4, 0.5) is 0 Å². The Hall–Kier alpha value is -1.17. The molecule has 5 heteroatoms. The Labute approximate surface area is 115 Å². The van der Waals surface area contributed by atoms with Crippen LogP contribution in [0.3, 0.4) is 0 Å². The molecule has 2 aromatic rings. The molecular formula is C13H12BrNO2S. The molecule has 18 heavy (non-hydrogen) atoms. The van der Waals surface area contributed by atoms with Gasteiger partial charge in [-0.2, -0.15) is 0 Å². The van der Waals surface area contributed by atoms with Gasteiger partial charge in [-0.1, -0.05) is 46.3 Å². The molecule has 0 spiro atoms. The lowest BCUT2D eigenvalue weighted by Crippen LogP contribution is -2.14. The van der Waals surface area contributed by atoms with Crippen LogP contribution in [-0.4, -0.2) is 8.42 Å². The van der Waals surface area contributed by atoms with Crippen LogP contribution in [0.5, 0.6) is 0 Å². The lowest BCUT2D eigenvalue weighted by atomic mass is 10.1. The summed E-state index contributed by atoms with van der Waals surface area (Å²) in [6.45, 7) is 0. The molecule has 0 saturated heterocycles. The highest BCUT2D eigenvalue weighted by Gasteiger charge is 2.13. The highest BCUT2D eigenvalue weighted by atomic mass is 79.9. The average molecular weight is 326 g/mol. The third-order valence-corrected chi connectivity index (χ3v) is 4.07. The lowest BCUT2D eigenvalue weighted by molar-refractivity contribution is 0.597. The molecule has 0 amide bonds. The zero-order chi connectivity index (χ0) is 13.2. The smallest absolute Gasteiger partial charge is 0.225 e. The largest absolute Gasteiger partial charge is 0.238 e. The molecule has 0 aliphatic rings. The van der Waals surface area contributed by atoms with E-state index >= 15 is 0 Å². The number of hydrogen-bond acceptors (Lipinski definition) is 2. The van der Waals surface area contributed by atoms with Crippen molar-refractivity contribution in [3.8, 4) is 0 Å². The van der Waals surface area contributed by atoms with Crippen molar-refractivity contribution in [2.24, 2.45) is 5.14 Å². The second-order valence-electron chi connectivity index (χ2n) is 3.96.